The Kier molecular flexibility index (Phi) is 6.30. The average Bonchev–Trinajstić information content (AvgIpc) is 3.39. The Morgan fingerprint density at radius 2 is 1.92 bits per heavy atom. The van der Waals surface area contributed by atoms with Crippen molar-refractivity contribution in [3.63, 3.8) is 0 Å². The van der Waals surface area contributed by atoms with Crippen LogP contribution < -0.4 is 4.74 Å². The van der Waals surface area contributed by atoms with E-state index < -0.39 is 5.91 Å². The van der Waals surface area contributed by atoms with Crippen LogP contribution in [-0.2, 0) is 11.3 Å². The van der Waals surface area contributed by atoms with Crippen LogP contribution in [0.2, 0.25) is 0 Å². The predicted octanol–water partition coefficient (Wildman–Crippen LogP) is 5.92. The molecule has 0 radical (unpaired) electrons. The minimum absolute atomic E-state index is 0.0580. The number of amidine groups is 2. The number of ether oxygens (including phenoxy) is 1. The standard InChI is InChI=1S/C28H29N5O2S/c1-16(2)27-31-33-25(29)22(26(34)30-28(33)36-27)15-21-19(5)32(23-9-7-6-8-20(21)23)12-13-35-24-14-17(3)10-11-18(24)4/h6-11,14-16,29H,12-13H2,1-5H3/b22-15-,29-25?. The van der Waals surface area contributed by atoms with Gasteiger partial charge < -0.3 is 9.30 Å². The first kappa shape index (κ1) is 24.1. The lowest BCUT2D eigenvalue weighted by Crippen LogP contribution is -2.35. The van der Waals surface area contributed by atoms with Gasteiger partial charge in [-0.25, -0.2) is 0 Å². The summed E-state index contributed by atoms with van der Waals surface area (Å²) in [7, 11) is 0. The molecule has 36 heavy (non-hydrogen) atoms. The molecule has 1 aromatic heterocycles. The zero-order valence-corrected chi connectivity index (χ0v) is 21.9. The van der Waals surface area contributed by atoms with Gasteiger partial charge in [-0.15, -0.1) is 0 Å². The van der Waals surface area contributed by atoms with Gasteiger partial charge in [0.25, 0.3) is 5.91 Å². The number of amides is 1. The lowest BCUT2D eigenvalue weighted by atomic mass is 10.1. The summed E-state index contributed by atoms with van der Waals surface area (Å²) in [6, 6.07) is 14.3. The van der Waals surface area contributed by atoms with Crippen LogP contribution in [0, 0.1) is 32.1 Å². The number of thioether (sulfide) groups is 1. The molecule has 2 aliphatic heterocycles. The average molecular weight is 500 g/mol. The molecule has 2 aromatic carbocycles. The third kappa shape index (κ3) is 4.26. The van der Waals surface area contributed by atoms with Crippen LogP contribution in [0.1, 0.15) is 36.2 Å². The Labute approximate surface area is 215 Å². The zero-order chi connectivity index (χ0) is 25.6. The Morgan fingerprint density at radius 1 is 1.14 bits per heavy atom. The molecule has 184 valence electrons. The van der Waals surface area contributed by atoms with Gasteiger partial charge in [0.15, 0.2) is 5.84 Å². The number of benzene rings is 2. The highest BCUT2D eigenvalue weighted by atomic mass is 32.2. The summed E-state index contributed by atoms with van der Waals surface area (Å²) in [5.74, 6) is 0.743. The fourth-order valence-corrected chi connectivity index (χ4v) is 5.31. The molecule has 0 saturated carbocycles. The molecular weight excluding hydrogens is 470 g/mol. The van der Waals surface area contributed by atoms with Gasteiger partial charge in [0.2, 0.25) is 5.17 Å². The fraction of sp³-hybridized carbons (Fsp3) is 0.286. The quantitative estimate of drug-likeness (QED) is 0.427. The van der Waals surface area contributed by atoms with E-state index >= 15 is 0 Å². The summed E-state index contributed by atoms with van der Waals surface area (Å²) < 4.78 is 8.34. The Hall–Kier alpha value is -3.65. The van der Waals surface area contributed by atoms with Crippen molar-refractivity contribution < 1.29 is 9.53 Å². The van der Waals surface area contributed by atoms with E-state index in [1.54, 1.807) is 6.08 Å². The van der Waals surface area contributed by atoms with Gasteiger partial charge in [0, 0.05) is 28.1 Å². The van der Waals surface area contributed by atoms with Crippen molar-refractivity contribution in [1.82, 2.24) is 9.58 Å². The molecule has 0 atom stereocenters. The van der Waals surface area contributed by atoms with Crippen LogP contribution in [0.5, 0.6) is 5.75 Å². The molecule has 0 aliphatic carbocycles. The predicted molar refractivity (Wildman–Crippen MR) is 148 cm³/mol. The lowest BCUT2D eigenvalue weighted by molar-refractivity contribution is -0.114. The Morgan fingerprint density at radius 3 is 2.69 bits per heavy atom. The lowest BCUT2D eigenvalue weighted by Gasteiger charge is -2.20. The molecule has 8 heteroatoms. The second-order valence-corrected chi connectivity index (χ2v) is 10.4. The van der Waals surface area contributed by atoms with E-state index in [1.165, 1.54) is 22.3 Å². The van der Waals surface area contributed by atoms with Gasteiger partial charge in [-0.1, -0.05) is 44.2 Å². The number of rotatable bonds is 6. The first-order valence-electron chi connectivity index (χ1n) is 12.0. The summed E-state index contributed by atoms with van der Waals surface area (Å²) in [5, 5.41) is 17.0. The van der Waals surface area contributed by atoms with Crippen LogP contribution in [0.4, 0.5) is 0 Å². The molecule has 0 bridgehead atoms. The topological polar surface area (TPSA) is 83.0 Å². The zero-order valence-electron chi connectivity index (χ0n) is 21.1. The van der Waals surface area contributed by atoms with E-state index in [4.69, 9.17) is 10.1 Å². The molecular formula is C28H29N5O2S. The largest absolute Gasteiger partial charge is 0.491 e. The minimum atomic E-state index is -0.409. The third-order valence-electron chi connectivity index (χ3n) is 6.45. The number of aromatic nitrogens is 1. The SMILES string of the molecule is Cc1ccc(C)c(OCCn2c(C)c(/C=C3/C(=N)N4N=C(C(C)C)SC4=NC3=O)c3ccccc32)c1. The molecule has 3 aromatic rings. The second kappa shape index (κ2) is 9.43. The molecule has 5 rings (SSSR count). The molecule has 0 saturated heterocycles. The highest BCUT2D eigenvalue weighted by molar-refractivity contribution is 8.27. The van der Waals surface area contributed by atoms with Gasteiger partial charge in [0.05, 0.1) is 12.1 Å². The van der Waals surface area contributed by atoms with Crippen LogP contribution in [0.25, 0.3) is 17.0 Å². The molecule has 0 unspecified atom stereocenters. The molecule has 3 heterocycles. The summed E-state index contributed by atoms with van der Waals surface area (Å²) in [6.45, 7) is 11.4. The highest BCUT2D eigenvalue weighted by Gasteiger charge is 2.36. The highest BCUT2D eigenvalue weighted by Crippen LogP contribution is 2.33. The first-order valence-corrected chi connectivity index (χ1v) is 12.8. The first-order chi connectivity index (χ1) is 17.2. The number of carbonyl (C=O) groups excluding carboxylic acids is 1. The van der Waals surface area contributed by atoms with Crippen molar-refractivity contribution in [2.24, 2.45) is 16.0 Å². The summed E-state index contributed by atoms with van der Waals surface area (Å²) in [6.07, 6.45) is 1.79. The van der Waals surface area contributed by atoms with Gasteiger partial charge in [-0.3, -0.25) is 10.2 Å². The molecule has 1 N–H and O–H groups in total. The van der Waals surface area contributed by atoms with E-state index in [1.807, 2.05) is 45.9 Å². The van der Waals surface area contributed by atoms with Crippen LogP contribution in [-0.4, -0.2) is 38.1 Å². The monoisotopic (exact) mass is 499 g/mol. The van der Waals surface area contributed by atoms with Crippen LogP contribution in [0.3, 0.4) is 0 Å². The summed E-state index contributed by atoms with van der Waals surface area (Å²) >= 11 is 1.36. The van der Waals surface area contributed by atoms with Crippen molar-refractivity contribution in [1.29, 1.82) is 5.41 Å². The normalized spacial score (nSPS) is 16.7. The van der Waals surface area contributed by atoms with Crippen LogP contribution >= 0.6 is 11.8 Å². The smallest absolute Gasteiger partial charge is 0.283 e. The fourth-order valence-electron chi connectivity index (χ4n) is 4.42. The molecule has 0 fully saturated rings. The van der Waals surface area contributed by atoms with Gasteiger partial charge in [0.1, 0.15) is 17.4 Å². The number of hydrazone groups is 1. The van der Waals surface area contributed by atoms with Crippen molar-refractivity contribution >= 4 is 50.7 Å². The van der Waals surface area contributed by atoms with E-state index in [9.17, 15) is 4.79 Å². The second-order valence-electron chi connectivity index (χ2n) is 9.40. The minimum Gasteiger partial charge on any atom is -0.491 e. The van der Waals surface area contributed by atoms with E-state index in [2.05, 4.69) is 45.9 Å². The molecule has 7 nitrogen and oxygen atoms in total. The number of hydrogen-bond donors (Lipinski definition) is 1. The molecule has 0 spiro atoms. The summed E-state index contributed by atoms with van der Waals surface area (Å²) in [4.78, 5) is 17.2. The number of hydrogen-bond acceptors (Lipinski definition) is 5. The maximum absolute atomic E-state index is 13.0. The number of fused-ring (bicyclic) bond motifs is 2. The number of aliphatic imine (C=N–C) groups is 1. The van der Waals surface area contributed by atoms with Crippen molar-refractivity contribution in [3.05, 3.63) is 70.4 Å². The summed E-state index contributed by atoms with van der Waals surface area (Å²) in [5.41, 5.74) is 5.49. The Balaban J connectivity index is 1.48. The van der Waals surface area contributed by atoms with Gasteiger partial charge in [-0.05, 0) is 61.9 Å². The van der Waals surface area contributed by atoms with Crippen molar-refractivity contribution in [2.45, 2.75) is 41.2 Å². The van der Waals surface area contributed by atoms with Gasteiger partial charge >= 0.3 is 0 Å². The maximum atomic E-state index is 13.0. The number of nitrogens with one attached hydrogen (secondary N) is 1. The maximum Gasteiger partial charge on any atom is 0.283 e. The van der Waals surface area contributed by atoms with Crippen LogP contribution in [0.15, 0.2) is 58.1 Å². The number of para-hydroxylation sites is 1. The van der Waals surface area contributed by atoms with Crippen molar-refractivity contribution in [3.8, 4) is 5.75 Å². The third-order valence-corrected chi connectivity index (χ3v) is 7.66. The molecule has 2 aliphatic rings. The van der Waals surface area contributed by atoms with E-state index in [-0.39, 0.29) is 17.3 Å². The number of aryl methyl sites for hydroxylation is 2. The molecule has 1 amide bonds. The van der Waals surface area contributed by atoms with E-state index in [0.29, 0.717) is 18.3 Å². The number of nitrogens with zero attached hydrogens (tertiary/aromatic N) is 4. The van der Waals surface area contributed by atoms with Crippen molar-refractivity contribution in [2.75, 3.05) is 6.61 Å². The Bertz CT molecular complexity index is 1500. The van der Waals surface area contributed by atoms with Gasteiger partial charge in [-0.2, -0.15) is 15.1 Å². The van der Waals surface area contributed by atoms with E-state index in [0.717, 1.165) is 38.5 Å². The number of carbonyl (C=O) groups is 1.